The van der Waals surface area contributed by atoms with Crippen molar-refractivity contribution in [3.05, 3.63) is 59.7 Å². The Morgan fingerprint density at radius 3 is 2.24 bits per heavy atom. The number of benzene rings is 2. The van der Waals surface area contributed by atoms with E-state index in [1.807, 2.05) is 24.3 Å². The molecule has 1 saturated carbocycles. The van der Waals surface area contributed by atoms with Crippen LogP contribution in [-0.4, -0.2) is 54.4 Å². The van der Waals surface area contributed by atoms with Crippen molar-refractivity contribution in [3.63, 3.8) is 0 Å². The smallest absolute Gasteiger partial charge is 0.407 e. The summed E-state index contributed by atoms with van der Waals surface area (Å²) in [4.78, 5) is 41.5. The topological polar surface area (TPSA) is 105 Å². The van der Waals surface area contributed by atoms with E-state index in [0.717, 1.165) is 46.6 Å². The van der Waals surface area contributed by atoms with Crippen LogP contribution in [0, 0.1) is 5.92 Å². The molecule has 8 nitrogen and oxygen atoms in total. The number of nitrogens with zero attached hydrogens (tertiary/aromatic N) is 1. The summed E-state index contributed by atoms with van der Waals surface area (Å²) in [6.07, 6.45) is 3.39. The van der Waals surface area contributed by atoms with E-state index < -0.39 is 30.6 Å². The van der Waals surface area contributed by atoms with Crippen LogP contribution in [-0.2, 0) is 19.2 Å². The number of alkyl carbamates (subject to hydrolysis) is 1. The van der Waals surface area contributed by atoms with Gasteiger partial charge in [0, 0.05) is 19.0 Å². The molecule has 0 bridgehead atoms. The van der Waals surface area contributed by atoms with Crippen LogP contribution in [0.15, 0.2) is 48.5 Å². The molecule has 0 aliphatic heterocycles. The maximum Gasteiger partial charge on any atom is 0.407 e. The third kappa shape index (κ3) is 5.22. The van der Waals surface area contributed by atoms with Crippen LogP contribution < -0.4 is 5.32 Å². The highest BCUT2D eigenvalue weighted by atomic mass is 16.7. The molecule has 2 aliphatic carbocycles. The van der Waals surface area contributed by atoms with E-state index in [1.165, 1.54) is 7.05 Å². The molecule has 0 aromatic heterocycles. The fourth-order valence-electron chi connectivity index (χ4n) is 5.02. The first-order valence-corrected chi connectivity index (χ1v) is 11.7. The normalized spacial score (nSPS) is 19.4. The maximum absolute atomic E-state index is 12.9. The standard InChI is InChI=1S/C26H30N2O6/c1-28(34-16-24(29)30)25(31)21-13-3-2-4-14-23(21)27-26(32)33-15-22-19-11-7-5-9-17(19)18-10-6-8-12-20(18)22/h5-12,21-23H,2-4,13-16H2,1H3,(H,27,32)(H,29,30)/t21-,23+/m0/s1. The van der Waals surface area contributed by atoms with Gasteiger partial charge in [-0.3, -0.25) is 9.63 Å². The van der Waals surface area contributed by atoms with Gasteiger partial charge in [0.1, 0.15) is 6.61 Å². The monoisotopic (exact) mass is 466 g/mol. The van der Waals surface area contributed by atoms with Gasteiger partial charge in [-0.05, 0) is 35.1 Å². The number of rotatable bonds is 7. The highest BCUT2D eigenvalue weighted by Crippen LogP contribution is 2.44. The molecule has 34 heavy (non-hydrogen) atoms. The third-order valence-corrected chi connectivity index (χ3v) is 6.67. The van der Waals surface area contributed by atoms with Crippen molar-refractivity contribution in [3.8, 4) is 11.1 Å². The minimum atomic E-state index is -1.16. The second-order valence-electron chi connectivity index (χ2n) is 8.82. The summed E-state index contributed by atoms with van der Waals surface area (Å²) in [6.45, 7) is -0.397. The molecular formula is C26H30N2O6. The zero-order chi connectivity index (χ0) is 24.1. The third-order valence-electron chi connectivity index (χ3n) is 6.67. The lowest BCUT2D eigenvalue weighted by molar-refractivity contribution is -0.190. The first kappa shape index (κ1) is 23.8. The van der Waals surface area contributed by atoms with Crippen molar-refractivity contribution in [2.45, 2.75) is 44.1 Å². The van der Waals surface area contributed by atoms with Crippen LogP contribution >= 0.6 is 0 Å². The van der Waals surface area contributed by atoms with Gasteiger partial charge in [-0.1, -0.05) is 67.8 Å². The summed E-state index contributed by atoms with van der Waals surface area (Å²) >= 11 is 0. The van der Waals surface area contributed by atoms with Crippen molar-refractivity contribution in [1.82, 2.24) is 10.4 Å². The summed E-state index contributed by atoms with van der Waals surface area (Å²) in [6, 6.07) is 15.9. The van der Waals surface area contributed by atoms with Gasteiger partial charge < -0.3 is 15.2 Å². The Balaban J connectivity index is 1.40. The number of hydrogen-bond acceptors (Lipinski definition) is 5. The molecule has 0 heterocycles. The Hall–Kier alpha value is -3.39. The maximum atomic E-state index is 12.9. The number of hydrogen-bond donors (Lipinski definition) is 2. The molecule has 0 saturated heterocycles. The fraction of sp³-hybridized carbons (Fsp3) is 0.423. The predicted molar refractivity (Wildman–Crippen MR) is 125 cm³/mol. The molecule has 2 aliphatic rings. The SMILES string of the molecule is CN(OCC(=O)O)C(=O)[C@H]1CCCCC[C@H]1NC(=O)OCC1c2ccccc2-c2ccccc21. The van der Waals surface area contributed by atoms with Gasteiger partial charge in [-0.15, -0.1) is 0 Å². The number of nitrogens with one attached hydrogen (secondary N) is 1. The van der Waals surface area contributed by atoms with E-state index >= 15 is 0 Å². The number of aliphatic carboxylic acids is 1. The summed E-state index contributed by atoms with van der Waals surface area (Å²) < 4.78 is 5.67. The van der Waals surface area contributed by atoms with Crippen LogP contribution in [0.4, 0.5) is 4.79 Å². The Kier molecular flexibility index (Phi) is 7.47. The summed E-state index contributed by atoms with van der Waals surface area (Å²) in [5.74, 6) is -2.04. The number of amides is 2. The number of carbonyl (C=O) groups excluding carboxylic acids is 2. The summed E-state index contributed by atoms with van der Waals surface area (Å²) in [7, 11) is 1.40. The van der Waals surface area contributed by atoms with Crippen LogP contribution in [0.3, 0.4) is 0 Å². The summed E-state index contributed by atoms with van der Waals surface area (Å²) in [5.41, 5.74) is 4.59. The van der Waals surface area contributed by atoms with Gasteiger partial charge in [0.15, 0.2) is 6.61 Å². The molecule has 2 aromatic carbocycles. The van der Waals surface area contributed by atoms with Gasteiger partial charge in [0.05, 0.1) is 5.92 Å². The summed E-state index contributed by atoms with van der Waals surface area (Å²) in [5, 5.41) is 12.7. The molecule has 4 rings (SSSR count). The van der Waals surface area contributed by atoms with Crippen molar-refractivity contribution in [2.24, 2.45) is 5.92 Å². The molecule has 0 spiro atoms. The van der Waals surface area contributed by atoms with Crippen molar-refractivity contribution >= 4 is 18.0 Å². The zero-order valence-corrected chi connectivity index (χ0v) is 19.2. The van der Waals surface area contributed by atoms with Gasteiger partial charge in [0.2, 0.25) is 0 Å². The van der Waals surface area contributed by atoms with Gasteiger partial charge in [-0.25, -0.2) is 14.7 Å². The molecule has 8 heteroatoms. The Bertz CT molecular complexity index is 1010. The fourth-order valence-corrected chi connectivity index (χ4v) is 5.02. The highest BCUT2D eigenvalue weighted by molar-refractivity contribution is 5.80. The Labute approximate surface area is 198 Å². The number of fused-ring (bicyclic) bond motifs is 3. The van der Waals surface area contributed by atoms with Gasteiger partial charge >= 0.3 is 12.1 Å². The van der Waals surface area contributed by atoms with Crippen LogP contribution in [0.1, 0.15) is 49.1 Å². The number of carboxylic acid groups (broad SMARTS) is 1. The Morgan fingerprint density at radius 2 is 1.59 bits per heavy atom. The lowest BCUT2D eigenvalue weighted by atomic mass is 9.94. The molecule has 2 aromatic rings. The quantitative estimate of drug-likeness (QED) is 0.473. The minimum absolute atomic E-state index is 0.0414. The lowest BCUT2D eigenvalue weighted by Crippen LogP contribution is -2.47. The van der Waals surface area contributed by atoms with Crippen molar-refractivity contribution < 1.29 is 29.1 Å². The highest BCUT2D eigenvalue weighted by Gasteiger charge is 2.34. The average Bonchev–Trinajstić information content (AvgIpc) is 2.97. The zero-order valence-electron chi connectivity index (χ0n) is 19.2. The molecule has 1 fully saturated rings. The van der Waals surface area contributed by atoms with E-state index in [-0.39, 0.29) is 18.4 Å². The minimum Gasteiger partial charge on any atom is -0.479 e. The molecule has 2 N–H and O–H groups in total. The van der Waals surface area contributed by atoms with Crippen molar-refractivity contribution in [2.75, 3.05) is 20.3 Å². The molecule has 0 unspecified atom stereocenters. The van der Waals surface area contributed by atoms with Gasteiger partial charge in [0.25, 0.3) is 5.91 Å². The number of carbonyl (C=O) groups is 3. The molecule has 2 atom stereocenters. The van der Waals surface area contributed by atoms with Crippen LogP contribution in [0.25, 0.3) is 11.1 Å². The van der Waals surface area contributed by atoms with E-state index in [1.54, 1.807) is 0 Å². The average molecular weight is 467 g/mol. The van der Waals surface area contributed by atoms with Crippen LogP contribution in [0.5, 0.6) is 0 Å². The van der Waals surface area contributed by atoms with E-state index in [9.17, 15) is 14.4 Å². The molecule has 2 amide bonds. The number of ether oxygens (including phenoxy) is 1. The molecular weight excluding hydrogens is 436 g/mol. The Morgan fingerprint density at radius 1 is 0.971 bits per heavy atom. The largest absolute Gasteiger partial charge is 0.479 e. The van der Waals surface area contributed by atoms with E-state index in [0.29, 0.717) is 12.8 Å². The molecule has 180 valence electrons. The van der Waals surface area contributed by atoms with Crippen LogP contribution in [0.2, 0.25) is 0 Å². The number of hydroxylamine groups is 2. The second-order valence-corrected chi connectivity index (χ2v) is 8.82. The first-order valence-electron chi connectivity index (χ1n) is 11.7. The van der Waals surface area contributed by atoms with Crippen molar-refractivity contribution in [1.29, 1.82) is 0 Å². The predicted octanol–water partition coefficient (Wildman–Crippen LogP) is 3.95. The first-order chi connectivity index (χ1) is 16.5. The molecule has 0 radical (unpaired) electrons. The van der Waals surface area contributed by atoms with Gasteiger partial charge in [-0.2, -0.15) is 0 Å². The van der Waals surface area contributed by atoms with E-state index in [2.05, 4.69) is 29.6 Å². The lowest BCUT2D eigenvalue weighted by Gasteiger charge is -2.28. The number of carboxylic acids is 1. The van der Waals surface area contributed by atoms with E-state index in [4.69, 9.17) is 14.7 Å². The second kappa shape index (κ2) is 10.7.